The molecule has 0 bridgehead atoms. The summed E-state index contributed by atoms with van der Waals surface area (Å²) in [5.74, 6) is 0. The van der Waals surface area contributed by atoms with Crippen LogP contribution in [0, 0.1) is 19.3 Å². The van der Waals surface area contributed by atoms with Gasteiger partial charge in [0.2, 0.25) is 0 Å². The molecule has 0 atom stereocenters. The number of rotatable bonds is 2. The molecule has 0 aromatic heterocycles. The van der Waals surface area contributed by atoms with E-state index in [9.17, 15) is 0 Å². The summed E-state index contributed by atoms with van der Waals surface area (Å²) in [4.78, 5) is 0. The maximum Gasteiger partial charge on any atom is -0.00436 e. The van der Waals surface area contributed by atoms with Gasteiger partial charge in [0.15, 0.2) is 0 Å². The molecule has 1 saturated heterocycles. The van der Waals surface area contributed by atoms with Gasteiger partial charge >= 0.3 is 0 Å². The van der Waals surface area contributed by atoms with Crippen LogP contribution in [-0.2, 0) is 6.42 Å². The Morgan fingerprint density at radius 1 is 1.06 bits per heavy atom. The summed E-state index contributed by atoms with van der Waals surface area (Å²) in [6.07, 6.45) is 3.84. The molecule has 0 saturated carbocycles. The highest BCUT2D eigenvalue weighted by molar-refractivity contribution is 5.29. The third-order valence-electron chi connectivity index (χ3n) is 3.72. The molecule has 1 nitrogen and oxygen atoms in total. The lowest BCUT2D eigenvalue weighted by Gasteiger charge is -2.34. The van der Waals surface area contributed by atoms with Gasteiger partial charge in [0.05, 0.1) is 0 Å². The third kappa shape index (κ3) is 2.85. The van der Waals surface area contributed by atoms with Crippen molar-refractivity contribution in [1.29, 1.82) is 0 Å². The molecule has 1 aromatic rings. The zero-order valence-corrected chi connectivity index (χ0v) is 10.8. The fourth-order valence-corrected chi connectivity index (χ4v) is 2.87. The molecule has 1 aromatic carbocycles. The summed E-state index contributed by atoms with van der Waals surface area (Å²) in [6.45, 7) is 9.19. The van der Waals surface area contributed by atoms with Gasteiger partial charge in [-0.15, -0.1) is 0 Å². The molecular formula is C15H23N. The molecule has 0 spiro atoms. The summed E-state index contributed by atoms with van der Waals surface area (Å²) in [5.41, 5.74) is 4.81. The maximum absolute atomic E-state index is 3.45. The van der Waals surface area contributed by atoms with Crippen LogP contribution in [0.5, 0.6) is 0 Å². The van der Waals surface area contributed by atoms with Gasteiger partial charge in [-0.2, -0.15) is 0 Å². The van der Waals surface area contributed by atoms with E-state index in [0.29, 0.717) is 5.41 Å². The number of piperidine rings is 1. The van der Waals surface area contributed by atoms with Gasteiger partial charge in [-0.25, -0.2) is 0 Å². The molecule has 1 aliphatic rings. The summed E-state index contributed by atoms with van der Waals surface area (Å²) < 4.78 is 0. The third-order valence-corrected chi connectivity index (χ3v) is 3.72. The molecule has 0 radical (unpaired) electrons. The van der Waals surface area contributed by atoms with Gasteiger partial charge in [-0.1, -0.05) is 36.2 Å². The van der Waals surface area contributed by atoms with Crippen LogP contribution in [0.25, 0.3) is 0 Å². The number of nitrogens with one attached hydrogen (secondary N) is 1. The molecule has 1 fully saturated rings. The van der Waals surface area contributed by atoms with Crippen LogP contribution >= 0.6 is 0 Å². The molecule has 1 aliphatic heterocycles. The molecule has 88 valence electrons. The Hall–Kier alpha value is -0.820. The van der Waals surface area contributed by atoms with Crippen molar-refractivity contribution in [3.05, 3.63) is 34.9 Å². The van der Waals surface area contributed by atoms with Crippen molar-refractivity contribution in [3.63, 3.8) is 0 Å². The molecular weight excluding hydrogens is 194 g/mol. The highest BCUT2D eigenvalue weighted by atomic mass is 14.9. The van der Waals surface area contributed by atoms with Gasteiger partial charge < -0.3 is 5.32 Å². The predicted octanol–water partition coefficient (Wildman–Crippen LogP) is 3.24. The van der Waals surface area contributed by atoms with E-state index in [1.807, 2.05) is 0 Å². The van der Waals surface area contributed by atoms with Crippen LogP contribution in [-0.4, -0.2) is 13.1 Å². The van der Waals surface area contributed by atoms with Crippen LogP contribution in [0.1, 0.15) is 36.5 Å². The van der Waals surface area contributed by atoms with Crippen LogP contribution in [0.4, 0.5) is 0 Å². The maximum atomic E-state index is 3.45. The van der Waals surface area contributed by atoms with Crippen molar-refractivity contribution in [2.24, 2.45) is 5.41 Å². The Balaban J connectivity index is 2.13. The van der Waals surface area contributed by atoms with Crippen LogP contribution in [0.15, 0.2) is 18.2 Å². The highest BCUT2D eigenvalue weighted by Crippen LogP contribution is 2.32. The van der Waals surface area contributed by atoms with Crippen molar-refractivity contribution < 1.29 is 0 Å². The van der Waals surface area contributed by atoms with Crippen molar-refractivity contribution >= 4 is 0 Å². The van der Waals surface area contributed by atoms with Gasteiger partial charge in [0, 0.05) is 0 Å². The summed E-state index contributed by atoms with van der Waals surface area (Å²) >= 11 is 0. The van der Waals surface area contributed by atoms with Crippen molar-refractivity contribution in [3.8, 4) is 0 Å². The number of aryl methyl sites for hydroxylation is 2. The normalized spacial score (nSPS) is 19.7. The largest absolute Gasteiger partial charge is 0.317 e. The number of hydrogen-bond acceptors (Lipinski definition) is 1. The first-order valence-corrected chi connectivity index (χ1v) is 6.35. The Morgan fingerprint density at radius 2 is 1.62 bits per heavy atom. The Bertz CT molecular complexity index is 341. The fraction of sp³-hybridized carbons (Fsp3) is 0.600. The van der Waals surface area contributed by atoms with E-state index < -0.39 is 0 Å². The van der Waals surface area contributed by atoms with Crippen LogP contribution < -0.4 is 5.32 Å². The Morgan fingerprint density at radius 3 is 2.19 bits per heavy atom. The lowest BCUT2D eigenvalue weighted by atomic mass is 9.76. The SMILES string of the molecule is Cc1cc(C)cc(CC2(C)CCNCC2)c1. The molecule has 0 unspecified atom stereocenters. The van der Waals surface area contributed by atoms with Crippen molar-refractivity contribution in [2.45, 2.75) is 40.0 Å². The minimum atomic E-state index is 0.505. The molecule has 16 heavy (non-hydrogen) atoms. The second-order valence-electron chi connectivity index (χ2n) is 5.73. The topological polar surface area (TPSA) is 12.0 Å². The lowest BCUT2D eigenvalue weighted by Crippen LogP contribution is -2.36. The fourth-order valence-electron chi connectivity index (χ4n) is 2.87. The smallest absolute Gasteiger partial charge is 0.00436 e. The zero-order valence-electron chi connectivity index (χ0n) is 10.8. The van der Waals surface area contributed by atoms with Gasteiger partial charge in [-0.3, -0.25) is 0 Å². The Labute approximate surface area is 99.3 Å². The minimum absolute atomic E-state index is 0.505. The van der Waals surface area contributed by atoms with Gasteiger partial charge in [0.1, 0.15) is 0 Å². The standard InChI is InChI=1S/C15H23N/c1-12-8-13(2)10-14(9-12)11-15(3)4-6-16-7-5-15/h8-10,16H,4-7,11H2,1-3H3. The summed E-state index contributed by atoms with van der Waals surface area (Å²) in [5, 5.41) is 3.45. The van der Waals surface area contributed by atoms with Gasteiger partial charge in [0.25, 0.3) is 0 Å². The van der Waals surface area contributed by atoms with E-state index in [0.717, 1.165) is 0 Å². The first-order valence-electron chi connectivity index (χ1n) is 6.35. The monoisotopic (exact) mass is 217 g/mol. The highest BCUT2D eigenvalue weighted by Gasteiger charge is 2.26. The predicted molar refractivity (Wildman–Crippen MR) is 69.8 cm³/mol. The first-order chi connectivity index (χ1) is 7.57. The van der Waals surface area contributed by atoms with E-state index in [1.54, 1.807) is 0 Å². The van der Waals surface area contributed by atoms with E-state index >= 15 is 0 Å². The van der Waals surface area contributed by atoms with E-state index in [4.69, 9.17) is 0 Å². The Kier molecular flexibility index (Phi) is 3.34. The minimum Gasteiger partial charge on any atom is -0.317 e. The lowest BCUT2D eigenvalue weighted by molar-refractivity contribution is 0.228. The molecule has 1 heteroatoms. The quantitative estimate of drug-likeness (QED) is 0.802. The molecule has 0 amide bonds. The van der Waals surface area contributed by atoms with Crippen LogP contribution in [0.2, 0.25) is 0 Å². The molecule has 1 heterocycles. The van der Waals surface area contributed by atoms with Gasteiger partial charge in [-0.05, 0) is 57.2 Å². The number of hydrogen-bond donors (Lipinski definition) is 1. The van der Waals surface area contributed by atoms with E-state index in [2.05, 4.69) is 44.3 Å². The molecule has 1 N–H and O–H groups in total. The average Bonchev–Trinajstić information content (AvgIpc) is 2.15. The first kappa shape index (κ1) is 11.7. The van der Waals surface area contributed by atoms with Crippen molar-refractivity contribution in [2.75, 3.05) is 13.1 Å². The zero-order chi connectivity index (χ0) is 11.6. The van der Waals surface area contributed by atoms with Crippen LogP contribution in [0.3, 0.4) is 0 Å². The van der Waals surface area contributed by atoms with E-state index in [-0.39, 0.29) is 0 Å². The average molecular weight is 217 g/mol. The summed E-state index contributed by atoms with van der Waals surface area (Å²) in [6, 6.07) is 6.95. The van der Waals surface area contributed by atoms with E-state index in [1.165, 1.54) is 49.0 Å². The molecule has 0 aliphatic carbocycles. The summed E-state index contributed by atoms with van der Waals surface area (Å²) in [7, 11) is 0. The second-order valence-corrected chi connectivity index (χ2v) is 5.73. The second kappa shape index (κ2) is 4.58. The van der Waals surface area contributed by atoms with Crippen molar-refractivity contribution in [1.82, 2.24) is 5.32 Å². The molecule has 2 rings (SSSR count). The number of benzene rings is 1.